The summed E-state index contributed by atoms with van der Waals surface area (Å²) in [6.45, 7) is 3.13. The lowest BCUT2D eigenvalue weighted by Crippen LogP contribution is -2.30. The smallest absolute Gasteiger partial charge is 0.303 e. The van der Waals surface area contributed by atoms with Gasteiger partial charge in [-0.15, -0.1) is 17.0 Å². The molecule has 1 aliphatic heterocycles. The number of likely N-dealkylation sites (tertiary alicyclic amines) is 1. The van der Waals surface area contributed by atoms with Gasteiger partial charge < -0.3 is 4.90 Å². The Bertz CT molecular complexity index is 523. The van der Waals surface area contributed by atoms with Gasteiger partial charge in [0.2, 0.25) is 0 Å². The Kier molecular flexibility index (Phi) is 9.60. The highest BCUT2D eigenvalue weighted by Crippen LogP contribution is 2.32. The molecule has 0 spiro atoms. The molecule has 1 nitrogen and oxygen atoms in total. The van der Waals surface area contributed by atoms with E-state index < -0.39 is 11.7 Å². The van der Waals surface area contributed by atoms with Gasteiger partial charge in [-0.05, 0) is 62.0 Å². The highest BCUT2D eigenvalue weighted by Gasteiger charge is 2.30. The topological polar surface area (TPSA) is 3.24 Å². The molecule has 0 radical (unpaired) electrons. The molecule has 0 bridgehead atoms. The minimum atomic E-state index is -4.29. The van der Waals surface area contributed by atoms with Crippen molar-refractivity contribution in [1.29, 1.82) is 0 Å². The number of hydrogen-bond donors (Lipinski definition) is 0. The van der Waals surface area contributed by atoms with Crippen molar-refractivity contribution in [2.45, 2.75) is 38.3 Å². The number of nitrogens with zero attached hydrogens (tertiary/aromatic N) is 1. The monoisotopic (exact) mass is 469 g/mol. The Balaban J connectivity index is 0.00000288. The van der Waals surface area contributed by atoms with Crippen LogP contribution in [0.15, 0.2) is 30.3 Å². The number of rotatable bonds is 6. The molecule has 1 aromatic carbocycles. The van der Waals surface area contributed by atoms with Gasteiger partial charge in [0.15, 0.2) is 0 Å². The molecule has 0 aromatic heterocycles. The van der Waals surface area contributed by atoms with Crippen LogP contribution in [0.4, 0.5) is 13.2 Å². The van der Waals surface area contributed by atoms with Crippen LogP contribution in [0.3, 0.4) is 0 Å². The average molecular weight is 471 g/mol. The molecular formula is C18H24Br2F3N. The van der Waals surface area contributed by atoms with Crippen molar-refractivity contribution in [2.24, 2.45) is 0 Å². The average Bonchev–Trinajstić information content (AvgIpc) is 2.55. The number of halogens is 5. The molecule has 0 aliphatic carbocycles. The first-order chi connectivity index (χ1) is 11.0. The van der Waals surface area contributed by atoms with Crippen LogP contribution >= 0.6 is 32.9 Å². The van der Waals surface area contributed by atoms with Gasteiger partial charge in [-0.1, -0.05) is 40.6 Å². The highest BCUT2D eigenvalue weighted by molar-refractivity contribution is 9.09. The van der Waals surface area contributed by atoms with Gasteiger partial charge >= 0.3 is 6.18 Å². The molecule has 2 rings (SSSR count). The largest absolute Gasteiger partial charge is 0.416 e. The van der Waals surface area contributed by atoms with Crippen LogP contribution in [-0.4, -0.2) is 29.9 Å². The molecule has 0 amide bonds. The molecule has 1 aliphatic rings. The van der Waals surface area contributed by atoms with E-state index in [1.54, 1.807) is 6.07 Å². The maximum absolute atomic E-state index is 12.9. The van der Waals surface area contributed by atoms with E-state index in [1.807, 2.05) is 0 Å². The van der Waals surface area contributed by atoms with E-state index in [2.05, 4.69) is 26.9 Å². The lowest BCUT2D eigenvalue weighted by Gasteiger charge is -2.27. The summed E-state index contributed by atoms with van der Waals surface area (Å²) in [6.07, 6.45) is 3.14. The van der Waals surface area contributed by atoms with E-state index in [0.29, 0.717) is 5.56 Å². The number of alkyl halides is 4. The molecule has 1 fully saturated rings. The van der Waals surface area contributed by atoms with E-state index in [-0.39, 0.29) is 17.0 Å². The summed E-state index contributed by atoms with van der Waals surface area (Å²) in [7, 11) is 0. The zero-order chi connectivity index (χ0) is 16.7. The number of piperidine rings is 1. The summed E-state index contributed by atoms with van der Waals surface area (Å²) >= 11 is 3.39. The fourth-order valence-corrected chi connectivity index (χ4v) is 3.18. The number of hydrogen-bond acceptors (Lipinski definition) is 1. The normalized spacial score (nSPS) is 16.8. The Morgan fingerprint density at radius 3 is 2.50 bits per heavy atom. The summed E-state index contributed by atoms with van der Waals surface area (Å²) < 4.78 is 38.8. The van der Waals surface area contributed by atoms with E-state index in [4.69, 9.17) is 0 Å². The van der Waals surface area contributed by atoms with Crippen molar-refractivity contribution in [3.05, 3.63) is 41.5 Å². The van der Waals surface area contributed by atoms with Crippen LogP contribution in [0.25, 0.3) is 5.57 Å². The van der Waals surface area contributed by atoms with E-state index >= 15 is 0 Å². The van der Waals surface area contributed by atoms with E-state index in [1.165, 1.54) is 31.4 Å². The minimum Gasteiger partial charge on any atom is -0.303 e. The van der Waals surface area contributed by atoms with Crippen LogP contribution in [-0.2, 0) is 6.18 Å². The first-order valence-electron chi connectivity index (χ1n) is 8.15. The third kappa shape index (κ3) is 6.89. The van der Waals surface area contributed by atoms with Gasteiger partial charge in [0, 0.05) is 11.9 Å². The van der Waals surface area contributed by atoms with Gasteiger partial charge in [-0.3, -0.25) is 0 Å². The van der Waals surface area contributed by atoms with E-state index in [9.17, 15) is 13.2 Å². The maximum atomic E-state index is 12.9. The second-order valence-corrected chi connectivity index (χ2v) is 6.73. The predicted molar refractivity (Wildman–Crippen MR) is 103 cm³/mol. The van der Waals surface area contributed by atoms with Gasteiger partial charge in [0.05, 0.1) is 5.56 Å². The SMILES string of the molecule is Br.FC(F)(F)c1cccc(C(=CCCBr)CCN2CCCCC2)c1. The Morgan fingerprint density at radius 2 is 1.88 bits per heavy atom. The standard InChI is InChI=1S/C18H23BrF3N.BrH/c19-10-5-7-15(9-13-23-11-2-1-3-12-23)16-6-4-8-17(14-16)18(20,21)22;/h4,6-8,14H,1-3,5,9-13H2;1H. The molecule has 136 valence electrons. The molecule has 0 N–H and O–H groups in total. The second kappa shape index (κ2) is 10.6. The van der Waals surface area contributed by atoms with Crippen LogP contribution in [0.2, 0.25) is 0 Å². The Labute approximate surface area is 161 Å². The van der Waals surface area contributed by atoms with Crippen molar-refractivity contribution in [1.82, 2.24) is 4.90 Å². The molecule has 0 saturated carbocycles. The van der Waals surface area contributed by atoms with Gasteiger partial charge in [-0.25, -0.2) is 0 Å². The third-order valence-electron chi connectivity index (χ3n) is 4.21. The molecule has 0 unspecified atom stereocenters. The van der Waals surface area contributed by atoms with Crippen molar-refractivity contribution in [3.8, 4) is 0 Å². The maximum Gasteiger partial charge on any atom is 0.416 e. The molecular weight excluding hydrogens is 447 g/mol. The Hall–Kier alpha value is -0.330. The van der Waals surface area contributed by atoms with Crippen molar-refractivity contribution in [2.75, 3.05) is 25.0 Å². The van der Waals surface area contributed by atoms with Crippen LogP contribution in [0, 0.1) is 0 Å². The second-order valence-electron chi connectivity index (χ2n) is 5.94. The molecule has 1 aromatic rings. The zero-order valence-electron chi connectivity index (χ0n) is 13.6. The fourth-order valence-electron chi connectivity index (χ4n) is 2.95. The lowest BCUT2D eigenvalue weighted by atomic mass is 9.98. The van der Waals surface area contributed by atoms with Crippen molar-refractivity contribution >= 4 is 38.5 Å². The van der Waals surface area contributed by atoms with E-state index in [0.717, 1.165) is 49.4 Å². The lowest BCUT2D eigenvalue weighted by molar-refractivity contribution is -0.137. The first kappa shape index (κ1) is 21.7. The molecule has 6 heteroatoms. The summed E-state index contributed by atoms with van der Waals surface area (Å²) in [5.74, 6) is 0. The zero-order valence-corrected chi connectivity index (χ0v) is 16.9. The Morgan fingerprint density at radius 1 is 1.17 bits per heavy atom. The van der Waals surface area contributed by atoms with Gasteiger partial charge in [0.1, 0.15) is 0 Å². The quantitative estimate of drug-likeness (QED) is 0.439. The summed E-state index contributed by atoms with van der Waals surface area (Å²) in [6, 6.07) is 5.69. The summed E-state index contributed by atoms with van der Waals surface area (Å²) in [5, 5.41) is 0.819. The van der Waals surface area contributed by atoms with Gasteiger partial charge in [0.25, 0.3) is 0 Å². The first-order valence-corrected chi connectivity index (χ1v) is 9.28. The molecule has 0 atom stereocenters. The molecule has 24 heavy (non-hydrogen) atoms. The van der Waals surface area contributed by atoms with Crippen LogP contribution in [0.5, 0.6) is 0 Å². The van der Waals surface area contributed by atoms with Crippen molar-refractivity contribution in [3.63, 3.8) is 0 Å². The van der Waals surface area contributed by atoms with Gasteiger partial charge in [-0.2, -0.15) is 13.2 Å². The molecule has 1 saturated heterocycles. The third-order valence-corrected chi connectivity index (χ3v) is 4.66. The fraction of sp³-hybridized carbons (Fsp3) is 0.556. The van der Waals surface area contributed by atoms with Crippen molar-refractivity contribution < 1.29 is 13.2 Å². The summed E-state index contributed by atoms with van der Waals surface area (Å²) in [4.78, 5) is 2.42. The highest BCUT2D eigenvalue weighted by atomic mass is 79.9. The van der Waals surface area contributed by atoms with Crippen LogP contribution in [0.1, 0.15) is 43.2 Å². The number of allylic oxidation sites excluding steroid dienone is 1. The molecule has 1 heterocycles. The van der Waals surface area contributed by atoms with Crippen LogP contribution < -0.4 is 0 Å². The minimum absolute atomic E-state index is 0. The predicted octanol–water partition coefficient (Wildman–Crippen LogP) is 6.33. The summed E-state index contributed by atoms with van der Waals surface area (Å²) in [5.41, 5.74) is 1.14. The number of benzene rings is 1.